The van der Waals surface area contributed by atoms with Crippen LogP contribution in [0.1, 0.15) is 48.5 Å². The molecule has 2 aromatic carbocycles. The van der Waals surface area contributed by atoms with Crippen LogP contribution in [0.4, 0.5) is 5.69 Å². The quantitative estimate of drug-likeness (QED) is 0.728. The van der Waals surface area contributed by atoms with E-state index < -0.39 is 6.10 Å². The molecule has 0 radical (unpaired) electrons. The molecule has 0 saturated carbocycles. The van der Waals surface area contributed by atoms with E-state index in [2.05, 4.69) is 40.5 Å². The molecule has 0 aliphatic carbocycles. The number of nitrogens with zero attached hydrogens (tertiary/aromatic N) is 1. The molecule has 0 aromatic heterocycles. The van der Waals surface area contributed by atoms with Crippen LogP contribution in [-0.4, -0.2) is 35.5 Å². The number of halogens is 1. The van der Waals surface area contributed by atoms with Gasteiger partial charge in [0.25, 0.3) is 0 Å². The molecule has 2 aromatic rings. The van der Waals surface area contributed by atoms with Gasteiger partial charge < -0.3 is 15.3 Å². The second kappa shape index (κ2) is 9.29. The van der Waals surface area contributed by atoms with Crippen molar-refractivity contribution in [3.05, 3.63) is 64.2 Å². The van der Waals surface area contributed by atoms with Crippen molar-refractivity contribution >= 4 is 23.2 Å². The number of carbonyl (C=O) groups is 1. The summed E-state index contributed by atoms with van der Waals surface area (Å²) in [5.41, 5.74) is 4.05. The van der Waals surface area contributed by atoms with E-state index in [1.807, 2.05) is 6.07 Å². The van der Waals surface area contributed by atoms with Crippen LogP contribution in [0, 0.1) is 5.92 Å². The van der Waals surface area contributed by atoms with Gasteiger partial charge in [0.15, 0.2) is 0 Å². The summed E-state index contributed by atoms with van der Waals surface area (Å²) in [5, 5.41) is 14.1. The fraction of sp³-hybridized carbons (Fsp3) is 0.458. The van der Waals surface area contributed by atoms with Crippen LogP contribution in [0.5, 0.6) is 0 Å². The van der Waals surface area contributed by atoms with E-state index in [4.69, 9.17) is 11.6 Å². The van der Waals surface area contributed by atoms with Gasteiger partial charge in [-0.15, -0.1) is 0 Å². The van der Waals surface area contributed by atoms with Gasteiger partial charge in [-0.1, -0.05) is 41.9 Å². The third-order valence-corrected chi connectivity index (χ3v) is 6.60. The van der Waals surface area contributed by atoms with Crippen molar-refractivity contribution in [3.63, 3.8) is 0 Å². The van der Waals surface area contributed by atoms with E-state index in [1.165, 1.54) is 24.8 Å². The smallest absolute Gasteiger partial charge is 0.224 e. The zero-order chi connectivity index (χ0) is 20.2. The monoisotopic (exact) mass is 412 g/mol. The first-order valence-corrected chi connectivity index (χ1v) is 11.0. The number of carbonyl (C=O) groups excluding carboxylic acids is 1. The van der Waals surface area contributed by atoms with Crippen molar-refractivity contribution < 1.29 is 9.90 Å². The molecule has 1 saturated heterocycles. The first-order chi connectivity index (χ1) is 14.1. The minimum Gasteiger partial charge on any atom is -0.388 e. The number of benzene rings is 2. The van der Waals surface area contributed by atoms with Gasteiger partial charge in [-0.25, -0.2) is 0 Å². The van der Waals surface area contributed by atoms with Crippen LogP contribution in [0.25, 0.3) is 0 Å². The summed E-state index contributed by atoms with van der Waals surface area (Å²) < 4.78 is 0. The first kappa shape index (κ1) is 20.4. The van der Waals surface area contributed by atoms with Crippen molar-refractivity contribution in [1.29, 1.82) is 0 Å². The molecule has 4 rings (SSSR count). The van der Waals surface area contributed by atoms with E-state index in [1.54, 1.807) is 6.07 Å². The van der Waals surface area contributed by atoms with Crippen LogP contribution < -0.4 is 5.32 Å². The van der Waals surface area contributed by atoms with Gasteiger partial charge in [-0.05, 0) is 79.9 Å². The predicted molar refractivity (Wildman–Crippen MR) is 117 cm³/mol. The van der Waals surface area contributed by atoms with Crippen molar-refractivity contribution in [2.24, 2.45) is 5.92 Å². The Morgan fingerprint density at radius 3 is 2.66 bits per heavy atom. The zero-order valence-corrected chi connectivity index (χ0v) is 17.5. The maximum atomic E-state index is 11.5. The summed E-state index contributed by atoms with van der Waals surface area (Å²) in [6.07, 6.45) is 4.88. The average molecular weight is 413 g/mol. The minimum absolute atomic E-state index is 0.0255. The van der Waals surface area contributed by atoms with Crippen molar-refractivity contribution in [3.8, 4) is 0 Å². The summed E-state index contributed by atoms with van der Waals surface area (Å²) in [5.74, 6) is 0.779. The second-order valence-corrected chi connectivity index (χ2v) is 8.77. The van der Waals surface area contributed by atoms with Crippen molar-refractivity contribution in [1.82, 2.24) is 4.90 Å². The Labute approximate surface area is 177 Å². The molecule has 1 atom stereocenters. The van der Waals surface area contributed by atoms with E-state index in [0.717, 1.165) is 42.4 Å². The summed E-state index contributed by atoms with van der Waals surface area (Å²) in [6.45, 7) is 3.06. The number of likely N-dealkylation sites (tertiary alicyclic amines) is 1. The molecular weight excluding hydrogens is 384 g/mol. The summed E-state index contributed by atoms with van der Waals surface area (Å²) in [4.78, 5) is 14.0. The number of rotatable bonds is 6. The predicted octanol–water partition coefficient (Wildman–Crippen LogP) is 4.60. The number of aryl methyl sites for hydroxylation is 1. The van der Waals surface area contributed by atoms with Crippen LogP contribution in [0.15, 0.2) is 42.5 Å². The lowest BCUT2D eigenvalue weighted by Crippen LogP contribution is -2.35. The molecule has 2 aliphatic rings. The second-order valence-electron chi connectivity index (χ2n) is 8.36. The highest BCUT2D eigenvalue weighted by Crippen LogP contribution is 2.34. The van der Waals surface area contributed by atoms with E-state index in [9.17, 15) is 9.90 Å². The van der Waals surface area contributed by atoms with E-state index in [0.29, 0.717) is 24.3 Å². The third kappa shape index (κ3) is 5.19. The molecule has 1 amide bonds. The maximum absolute atomic E-state index is 11.5. The standard InChI is InChI=1S/C24H29ClN2O2/c25-21-16-22-19(6-7-24(29)26-22)15-20(21)23(28)10-13-27-11-8-18(9-12-27)14-17-4-2-1-3-5-17/h1-5,15-16,18,23,28H,6-14H2,(H,26,29). The Kier molecular flexibility index (Phi) is 6.53. The van der Waals surface area contributed by atoms with Gasteiger partial charge in [0, 0.05) is 23.7 Å². The van der Waals surface area contributed by atoms with Crippen LogP contribution in [0.2, 0.25) is 5.02 Å². The van der Waals surface area contributed by atoms with Gasteiger partial charge in [-0.2, -0.15) is 0 Å². The van der Waals surface area contributed by atoms with Crippen molar-refractivity contribution in [2.75, 3.05) is 25.0 Å². The van der Waals surface area contributed by atoms with E-state index >= 15 is 0 Å². The summed E-state index contributed by atoms with van der Waals surface area (Å²) >= 11 is 6.40. The van der Waals surface area contributed by atoms with Gasteiger partial charge in [0.05, 0.1) is 6.10 Å². The lowest BCUT2D eigenvalue weighted by atomic mass is 9.90. The fourth-order valence-electron chi connectivity index (χ4n) is 4.50. The lowest BCUT2D eigenvalue weighted by molar-refractivity contribution is -0.116. The largest absolute Gasteiger partial charge is 0.388 e. The highest BCUT2D eigenvalue weighted by Gasteiger charge is 2.23. The third-order valence-electron chi connectivity index (χ3n) is 6.27. The molecule has 0 bridgehead atoms. The Bertz CT molecular complexity index is 847. The maximum Gasteiger partial charge on any atom is 0.224 e. The van der Waals surface area contributed by atoms with Crippen molar-refractivity contribution in [2.45, 2.75) is 44.6 Å². The zero-order valence-electron chi connectivity index (χ0n) is 16.7. The Hall–Kier alpha value is -1.88. The molecule has 2 heterocycles. The normalized spacial score (nSPS) is 18.9. The number of fused-ring (bicyclic) bond motifs is 1. The summed E-state index contributed by atoms with van der Waals surface area (Å²) in [6, 6.07) is 14.5. The number of hydrogen-bond donors (Lipinski definition) is 2. The molecule has 0 spiro atoms. The molecule has 4 nitrogen and oxygen atoms in total. The molecular formula is C24H29ClN2O2. The SMILES string of the molecule is O=C1CCc2cc(C(O)CCN3CCC(Cc4ccccc4)CC3)c(Cl)cc2N1. The Morgan fingerprint density at radius 1 is 1.14 bits per heavy atom. The first-order valence-electron chi connectivity index (χ1n) is 10.6. The lowest BCUT2D eigenvalue weighted by Gasteiger charge is -2.32. The molecule has 29 heavy (non-hydrogen) atoms. The topological polar surface area (TPSA) is 52.6 Å². The molecule has 1 fully saturated rings. The number of nitrogens with one attached hydrogen (secondary N) is 1. The molecule has 5 heteroatoms. The van der Waals surface area contributed by atoms with Gasteiger partial charge in [0.2, 0.25) is 5.91 Å². The number of anilines is 1. The Morgan fingerprint density at radius 2 is 1.90 bits per heavy atom. The van der Waals surface area contributed by atoms with Gasteiger partial charge >= 0.3 is 0 Å². The molecule has 2 N–H and O–H groups in total. The van der Waals surface area contributed by atoms with Crippen LogP contribution >= 0.6 is 11.6 Å². The fourth-order valence-corrected chi connectivity index (χ4v) is 4.79. The molecule has 154 valence electrons. The number of aliphatic hydroxyl groups excluding tert-OH is 1. The highest BCUT2D eigenvalue weighted by atomic mass is 35.5. The van der Waals surface area contributed by atoms with Gasteiger partial charge in [-0.3, -0.25) is 4.79 Å². The summed E-state index contributed by atoms with van der Waals surface area (Å²) in [7, 11) is 0. The van der Waals surface area contributed by atoms with Crippen LogP contribution in [-0.2, 0) is 17.6 Å². The van der Waals surface area contributed by atoms with E-state index in [-0.39, 0.29) is 5.91 Å². The van der Waals surface area contributed by atoms with Gasteiger partial charge in [0.1, 0.15) is 0 Å². The number of amides is 1. The molecule has 2 aliphatic heterocycles. The number of piperidine rings is 1. The number of aliphatic hydroxyl groups is 1. The highest BCUT2D eigenvalue weighted by molar-refractivity contribution is 6.31. The number of hydrogen-bond acceptors (Lipinski definition) is 3. The van der Waals surface area contributed by atoms with Crippen LogP contribution in [0.3, 0.4) is 0 Å². The molecule has 1 unspecified atom stereocenters. The Balaban J connectivity index is 1.27. The average Bonchev–Trinajstić information content (AvgIpc) is 2.73. The minimum atomic E-state index is -0.576.